The van der Waals surface area contributed by atoms with E-state index in [1.165, 1.54) is 0 Å². The molecule has 1 aromatic heterocycles. The standard InChI is InChI=1S/C25H32N10O/c1-33(2)21-9-5-19(6-10-21)17-26-31-23-28-24(30-25(29-23)35-13-15-36-16-14-35)32-27-18-20-7-11-22(12-8-20)34(3)4/h5-12,17-18H,13-16H2,1-4H3,(H2,28,29,30,31,32)/b26-17+,27-18+. The van der Waals surface area contributed by atoms with Gasteiger partial charge in [0.05, 0.1) is 25.6 Å². The van der Waals surface area contributed by atoms with Crippen molar-refractivity contribution in [1.29, 1.82) is 0 Å². The van der Waals surface area contributed by atoms with Gasteiger partial charge in [-0.1, -0.05) is 24.3 Å². The Morgan fingerprint density at radius 2 is 1.17 bits per heavy atom. The van der Waals surface area contributed by atoms with Crippen molar-refractivity contribution in [1.82, 2.24) is 15.0 Å². The summed E-state index contributed by atoms with van der Waals surface area (Å²) in [7, 11) is 8.03. The minimum atomic E-state index is 0.320. The fourth-order valence-corrected chi connectivity index (χ4v) is 3.42. The van der Waals surface area contributed by atoms with Crippen LogP contribution >= 0.6 is 0 Å². The first-order valence-corrected chi connectivity index (χ1v) is 11.7. The number of benzene rings is 2. The highest BCUT2D eigenvalue weighted by atomic mass is 16.5. The Morgan fingerprint density at radius 1 is 0.722 bits per heavy atom. The van der Waals surface area contributed by atoms with Crippen LogP contribution in [-0.2, 0) is 4.74 Å². The van der Waals surface area contributed by atoms with E-state index in [1.807, 2.05) is 86.5 Å². The van der Waals surface area contributed by atoms with Crippen LogP contribution in [0.1, 0.15) is 11.1 Å². The average molecular weight is 489 g/mol. The fourth-order valence-electron chi connectivity index (χ4n) is 3.42. The number of ether oxygens (including phenoxy) is 1. The molecule has 36 heavy (non-hydrogen) atoms. The lowest BCUT2D eigenvalue weighted by atomic mass is 10.2. The highest BCUT2D eigenvalue weighted by Crippen LogP contribution is 2.16. The Morgan fingerprint density at radius 3 is 1.58 bits per heavy atom. The lowest BCUT2D eigenvalue weighted by molar-refractivity contribution is 0.122. The molecule has 1 fully saturated rings. The number of hydrazone groups is 2. The lowest BCUT2D eigenvalue weighted by Crippen LogP contribution is -2.37. The zero-order valence-corrected chi connectivity index (χ0v) is 21.1. The van der Waals surface area contributed by atoms with E-state index in [2.05, 4.69) is 40.9 Å². The molecule has 0 amide bonds. The van der Waals surface area contributed by atoms with Gasteiger partial charge in [0.15, 0.2) is 0 Å². The predicted molar refractivity (Wildman–Crippen MR) is 147 cm³/mol. The number of hydrogen-bond donors (Lipinski definition) is 2. The molecule has 11 nitrogen and oxygen atoms in total. The molecule has 0 saturated carbocycles. The van der Waals surface area contributed by atoms with Gasteiger partial charge in [0.1, 0.15) is 0 Å². The molecule has 1 aliphatic heterocycles. The highest BCUT2D eigenvalue weighted by molar-refractivity contribution is 5.81. The summed E-state index contributed by atoms with van der Waals surface area (Å²) in [5, 5.41) is 8.62. The molecule has 2 heterocycles. The van der Waals surface area contributed by atoms with Gasteiger partial charge in [0.25, 0.3) is 0 Å². The molecule has 4 rings (SSSR count). The third kappa shape index (κ3) is 6.89. The molecule has 1 aliphatic rings. The topological polar surface area (TPSA) is 106 Å². The van der Waals surface area contributed by atoms with Gasteiger partial charge in [0, 0.05) is 52.7 Å². The zero-order valence-electron chi connectivity index (χ0n) is 21.1. The maximum Gasteiger partial charge on any atom is 0.250 e. The molecule has 0 atom stereocenters. The number of rotatable bonds is 9. The van der Waals surface area contributed by atoms with Crippen LogP contribution in [0, 0.1) is 0 Å². The second kappa shape index (κ2) is 11.9. The van der Waals surface area contributed by atoms with Gasteiger partial charge in [-0.05, 0) is 35.4 Å². The van der Waals surface area contributed by atoms with Crippen LogP contribution in [0.25, 0.3) is 0 Å². The fraction of sp³-hybridized carbons (Fsp3) is 0.320. The van der Waals surface area contributed by atoms with Gasteiger partial charge in [-0.2, -0.15) is 25.2 Å². The first-order chi connectivity index (χ1) is 17.5. The molecule has 0 aliphatic carbocycles. The molecule has 2 N–H and O–H groups in total. The highest BCUT2D eigenvalue weighted by Gasteiger charge is 2.16. The van der Waals surface area contributed by atoms with Crippen molar-refractivity contribution in [3.05, 3.63) is 59.7 Å². The van der Waals surface area contributed by atoms with E-state index in [4.69, 9.17) is 4.74 Å². The number of nitrogens with zero attached hydrogens (tertiary/aromatic N) is 8. The minimum Gasteiger partial charge on any atom is -0.378 e. The molecular weight excluding hydrogens is 456 g/mol. The number of morpholine rings is 1. The molecule has 3 aromatic rings. The van der Waals surface area contributed by atoms with Crippen molar-refractivity contribution in [3.8, 4) is 0 Å². The van der Waals surface area contributed by atoms with Gasteiger partial charge in [-0.15, -0.1) is 0 Å². The summed E-state index contributed by atoms with van der Waals surface area (Å²) >= 11 is 0. The average Bonchev–Trinajstić information content (AvgIpc) is 2.90. The van der Waals surface area contributed by atoms with Gasteiger partial charge in [-0.25, -0.2) is 10.9 Å². The maximum absolute atomic E-state index is 5.46. The molecule has 1 saturated heterocycles. The summed E-state index contributed by atoms with van der Waals surface area (Å²) in [5.41, 5.74) is 10.00. The normalized spacial score (nSPS) is 13.8. The lowest BCUT2D eigenvalue weighted by Gasteiger charge is -2.26. The van der Waals surface area contributed by atoms with Crippen LogP contribution in [0.2, 0.25) is 0 Å². The molecule has 0 unspecified atom stereocenters. The zero-order chi connectivity index (χ0) is 25.3. The smallest absolute Gasteiger partial charge is 0.250 e. The summed E-state index contributed by atoms with van der Waals surface area (Å²) in [4.78, 5) is 19.6. The van der Waals surface area contributed by atoms with Crippen molar-refractivity contribution in [2.45, 2.75) is 0 Å². The Labute approximate surface area is 211 Å². The summed E-state index contributed by atoms with van der Waals surface area (Å²) < 4.78 is 5.46. The Hall–Kier alpha value is -4.25. The van der Waals surface area contributed by atoms with E-state index < -0.39 is 0 Å². The molecule has 0 spiro atoms. The second-order valence-electron chi connectivity index (χ2n) is 8.59. The van der Waals surface area contributed by atoms with Gasteiger partial charge in [0.2, 0.25) is 17.8 Å². The SMILES string of the molecule is CN(C)c1ccc(/C=N/Nc2nc(N/N=C/c3ccc(N(C)C)cc3)nc(N3CCOCC3)n2)cc1. The van der Waals surface area contributed by atoms with E-state index in [0.29, 0.717) is 44.1 Å². The van der Waals surface area contributed by atoms with Crippen LogP contribution in [-0.4, -0.2) is 81.9 Å². The quantitative estimate of drug-likeness (QED) is 0.347. The van der Waals surface area contributed by atoms with Gasteiger partial charge >= 0.3 is 0 Å². The van der Waals surface area contributed by atoms with E-state index in [0.717, 1.165) is 22.5 Å². The first-order valence-electron chi connectivity index (χ1n) is 11.7. The Balaban J connectivity index is 1.47. The summed E-state index contributed by atoms with van der Waals surface area (Å²) in [6.45, 7) is 2.65. The monoisotopic (exact) mass is 488 g/mol. The van der Waals surface area contributed by atoms with Gasteiger partial charge in [-0.3, -0.25) is 0 Å². The van der Waals surface area contributed by atoms with E-state index >= 15 is 0 Å². The number of aromatic nitrogens is 3. The van der Waals surface area contributed by atoms with Crippen molar-refractivity contribution in [2.24, 2.45) is 10.2 Å². The predicted octanol–water partition coefficient (Wildman–Crippen LogP) is 2.73. The third-order valence-corrected chi connectivity index (χ3v) is 5.49. The first kappa shape index (κ1) is 24.9. The summed E-state index contributed by atoms with van der Waals surface area (Å²) in [6, 6.07) is 16.1. The molecule has 0 bridgehead atoms. The maximum atomic E-state index is 5.46. The molecule has 188 valence electrons. The largest absolute Gasteiger partial charge is 0.378 e. The van der Waals surface area contributed by atoms with E-state index in [9.17, 15) is 0 Å². The minimum absolute atomic E-state index is 0.320. The van der Waals surface area contributed by atoms with E-state index in [-0.39, 0.29) is 0 Å². The molecule has 11 heteroatoms. The Kier molecular flexibility index (Phi) is 8.24. The second-order valence-corrected chi connectivity index (χ2v) is 8.59. The van der Waals surface area contributed by atoms with Crippen molar-refractivity contribution < 1.29 is 4.74 Å². The molecule has 2 aromatic carbocycles. The van der Waals surface area contributed by atoms with Crippen LogP contribution in [0.5, 0.6) is 0 Å². The van der Waals surface area contributed by atoms with Crippen LogP contribution in [0.3, 0.4) is 0 Å². The van der Waals surface area contributed by atoms with Crippen molar-refractivity contribution >= 4 is 41.6 Å². The Bertz CT molecular complexity index is 1090. The van der Waals surface area contributed by atoms with Crippen LogP contribution in [0.4, 0.5) is 29.2 Å². The van der Waals surface area contributed by atoms with Crippen molar-refractivity contribution in [2.75, 3.05) is 80.0 Å². The van der Waals surface area contributed by atoms with Crippen LogP contribution < -0.4 is 25.6 Å². The third-order valence-electron chi connectivity index (χ3n) is 5.49. The number of anilines is 5. The van der Waals surface area contributed by atoms with Crippen molar-refractivity contribution in [3.63, 3.8) is 0 Å². The van der Waals surface area contributed by atoms with Gasteiger partial charge < -0.3 is 19.4 Å². The number of nitrogens with one attached hydrogen (secondary N) is 2. The number of hydrogen-bond acceptors (Lipinski definition) is 11. The van der Waals surface area contributed by atoms with E-state index in [1.54, 1.807) is 12.4 Å². The summed E-state index contributed by atoms with van der Waals surface area (Å²) in [6.07, 6.45) is 3.45. The summed E-state index contributed by atoms with van der Waals surface area (Å²) in [5.74, 6) is 1.18. The molecule has 0 radical (unpaired) electrons. The molecular formula is C25H32N10O. The van der Waals surface area contributed by atoms with Crippen LogP contribution in [0.15, 0.2) is 58.7 Å².